The summed E-state index contributed by atoms with van der Waals surface area (Å²) in [5.41, 5.74) is 1.59. The second kappa shape index (κ2) is 9.50. The van der Waals surface area contributed by atoms with Gasteiger partial charge in [-0.05, 0) is 38.1 Å². The van der Waals surface area contributed by atoms with Crippen LogP contribution in [0.5, 0.6) is 5.75 Å². The van der Waals surface area contributed by atoms with Crippen LogP contribution in [0, 0.1) is 0 Å². The molecule has 0 saturated carbocycles. The zero-order chi connectivity index (χ0) is 20.1. The van der Waals surface area contributed by atoms with Crippen LogP contribution in [0.4, 0.5) is 11.4 Å². The number of piperazine rings is 1. The Kier molecular flexibility index (Phi) is 7.05. The largest absolute Gasteiger partial charge is 0.492 e. The summed E-state index contributed by atoms with van der Waals surface area (Å²) >= 11 is 12.3. The summed E-state index contributed by atoms with van der Waals surface area (Å²) in [5, 5.41) is 3.78. The van der Waals surface area contributed by atoms with E-state index in [0.717, 1.165) is 37.6 Å². The van der Waals surface area contributed by atoms with Crippen molar-refractivity contribution in [2.24, 2.45) is 0 Å². The summed E-state index contributed by atoms with van der Waals surface area (Å²) in [7, 11) is 0. The number of carbonyl (C=O) groups excluding carboxylic acids is 1. The van der Waals surface area contributed by atoms with Crippen LogP contribution in [-0.2, 0) is 4.79 Å². The van der Waals surface area contributed by atoms with E-state index in [2.05, 4.69) is 16.3 Å². The summed E-state index contributed by atoms with van der Waals surface area (Å²) in [6.07, 6.45) is 0. The van der Waals surface area contributed by atoms with Crippen LogP contribution < -0.4 is 19.9 Å². The van der Waals surface area contributed by atoms with E-state index in [4.69, 9.17) is 27.9 Å². The molecule has 28 heavy (non-hydrogen) atoms. The Balaban J connectivity index is 1.61. The van der Waals surface area contributed by atoms with Crippen LogP contribution in [0.1, 0.15) is 13.8 Å². The van der Waals surface area contributed by atoms with E-state index in [1.54, 1.807) is 18.2 Å². The Morgan fingerprint density at radius 3 is 2.43 bits per heavy atom. The van der Waals surface area contributed by atoms with Gasteiger partial charge in [0.15, 0.2) is 6.04 Å². The van der Waals surface area contributed by atoms with Crippen LogP contribution in [-0.4, -0.2) is 44.7 Å². The van der Waals surface area contributed by atoms with Crippen molar-refractivity contribution in [1.29, 1.82) is 0 Å². The number of nitrogens with one attached hydrogen (secondary N) is 2. The minimum Gasteiger partial charge on any atom is -0.492 e. The van der Waals surface area contributed by atoms with Gasteiger partial charge in [-0.2, -0.15) is 0 Å². The maximum Gasteiger partial charge on any atom is 0.282 e. The number of nitrogens with zero attached hydrogens (tertiary/aromatic N) is 1. The lowest BCUT2D eigenvalue weighted by Crippen LogP contribution is -3.19. The number of para-hydroxylation sites is 3. The molecule has 0 aromatic heterocycles. The molecule has 150 valence electrons. The van der Waals surface area contributed by atoms with E-state index in [1.807, 2.05) is 32.0 Å². The molecule has 0 bridgehead atoms. The second-order valence-electron chi connectivity index (χ2n) is 6.85. The third-order valence-corrected chi connectivity index (χ3v) is 5.76. The quantitative estimate of drug-likeness (QED) is 0.751. The molecule has 1 aliphatic heterocycles. The smallest absolute Gasteiger partial charge is 0.282 e. The van der Waals surface area contributed by atoms with Crippen LogP contribution in [0.15, 0.2) is 42.5 Å². The highest BCUT2D eigenvalue weighted by Crippen LogP contribution is 2.30. The van der Waals surface area contributed by atoms with Crippen LogP contribution in [0.25, 0.3) is 0 Å². The molecule has 0 aliphatic carbocycles. The van der Waals surface area contributed by atoms with Gasteiger partial charge < -0.3 is 19.9 Å². The van der Waals surface area contributed by atoms with E-state index in [0.29, 0.717) is 22.3 Å². The van der Waals surface area contributed by atoms with E-state index in [1.165, 1.54) is 4.90 Å². The van der Waals surface area contributed by atoms with Crippen LogP contribution in [0.2, 0.25) is 10.0 Å². The molecule has 1 amide bonds. The summed E-state index contributed by atoms with van der Waals surface area (Å²) < 4.78 is 5.75. The highest BCUT2D eigenvalue weighted by molar-refractivity contribution is 6.39. The molecule has 2 N–H and O–H groups in total. The number of benzene rings is 2. The minimum atomic E-state index is -0.198. The average Bonchev–Trinajstić information content (AvgIpc) is 2.71. The molecule has 0 spiro atoms. The first kappa shape index (κ1) is 20.8. The predicted octanol–water partition coefficient (Wildman–Crippen LogP) is 3.12. The fourth-order valence-electron chi connectivity index (χ4n) is 3.50. The Labute approximate surface area is 176 Å². The van der Waals surface area contributed by atoms with Gasteiger partial charge in [0.2, 0.25) is 0 Å². The third-order valence-electron chi connectivity index (χ3n) is 5.13. The molecule has 5 nitrogen and oxygen atoms in total. The van der Waals surface area contributed by atoms with Gasteiger partial charge in [0.25, 0.3) is 5.91 Å². The molecule has 0 radical (unpaired) electrons. The van der Waals surface area contributed by atoms with Crippen molar-refractivity contribution in [2.75, 3.05) is 43.0 Å². The van der Waals surface area contributed by atoms with Gasteiger partial charge in [-0.25, -0.2) is 0 Å². The Hall–Kier alpha value is -1.95. The lowest BCUT2D eigenvalue weighted by molar-refractivity contribution is -0.914. The highest BCUT2D eigenvalue weighted by Gasteiger charge is 2.30. The first-order valence-electron chi connectivity index (χ1n) is 9.57. The van der Waals surface area contributed by atoms with Gasteiger partial charge in [-0.3, -0.25) is 4.79 Å². The number of ether oxygens (including phenoxy) is 1. The van der Waals surface area contributed by atoms with Gasteiger partial charge in [0.1, 0.15) is 5.75 Å². The van der Waals surface area contributed by atoms with E-state index in [9.17, 15) is 4.79 Å². The summed E-state index contributed by atoms with van der Waals surface area (Å²) in [6, 6.07) is 13.1. The SMILES string of the molecule is CCOc1ccccc1N1CC[NH+]([C@@H](C)C(=O)Nc2c(Cl)cccc2Cl)CC1. The number of halogens is 2. The first-order chi connectivity index (χ1) is 13.5. The molecule has 1 atom stereocenters. The number of rotatable bonds is 6. The molecule has 1 heterocycles. The summed E-state index contributed by atoms with van der Waals surface area (Å²) in [5.74, 6) is 0.834. The van der Waals surface area contributed by atoms with Crippen LogP contribution >= 0.6 is 23.2 Å². The minimum absolute atomic E-state index is 0.0758. The Bertz CT molecular complexity index is 803. The van der Waals surface area contributed by atoms with Crippen molar-refractivity contribution < 1.29 is 14.4 Å². The molecule has 1 saturated heterocycles. The van der Waals surface area contributed by atoms with Gasteiger partial charge in [-0.1, -0.05) is 41.4 Å². The lowest BCUT2D eigenvalue weighted by atomic mass is 10.2. The molecule has 1 aliphatic rings. The predicted molar refractivity (Wildman–Crippen MR) is 115 cm³/mol. The topological polar surface area (TPSA) is 46.0 Å². The Morgan fingerprint density at radius 2 is 1.79 bits per heavy atom. The summed E-state index contributed by atoms with van der Waals surface area (Å²) in [6.45, 7) is 8.04. The van der Waals surface area contributed by atoms with Crippen molar-refractivity contribution >= 4 is 40.5 Å². The number of amides is 1. The van der Waals surface area contributed by atoms with Crippen molar-refractivity contribution in [1.82, 2.24) is 0 Å². The monoisotopic (exact) mass is 422 g/mol. The second-order valence-corrected chi connectivity index (χ2v) is 7.67. The van der Waals surface area contributed by atoms with E-state index in [-0.39, 0.29) is 11.9 Å². The highest BCUT2D eigenvalue weighted by atomic mass is 35.5. The van der Waals surface area contributed by atoms with Crippen molar-refractivity contribution in [3.63, 3.8) is 0 Å². The zero-order valence-corrected chi connectivity index (χ0v) is 17.7. The molecule has 2 aromatic rings. The molecule has 2 aromatic carbocycles. The third kappa shape index (κ3) is 4.72. The fraction of sp³-hybridized carbons (Fsp3) is 0.381. The van der Waals surface area contributed by atoms with Crippen LogP contribution in [0.3, 0.4) is 0 Å². The average molecular weight is 423 g/mol. The fourth-order valence-corrected chi connectivity index (χ4v) is 3.99. The van der Waals surface area contributed by atoms with Crippen molar-refractivity contribution in [3.8, 4) is 5.75 Å². The van der Waals surface area contributed by atoms with Crippen molar-refractivity contribution in [3.05, 3.63) is 52.5 Å². The number of hydrogen-bond donors (Lipinski definition) is 2. The molecule has 7 heteroatoms. The van der Waals surface area contributed by atoms with Gasteiger partial charge >= 0.3 is 0 Å². The van der Waals surface area contributed by atoms with E-state index >= 15 is 0 Å². The zero-order valence-electron chi connectivity index (χ0n) is 16.2. The standard InChI is InChI=1S/C21H25Cl2N3O2/c1-3-28-19-10-5-4-9-18(19)26-13-11-25(12-14-26)15(2)21(27)24-20-16(22)7-6-8-17(20)23/h4-10,15H,3,11-14H2,1-2H3,(H,24,27)/p+1/t15-/m0/s1. The van der Waals surface area contributed by atoms with Gasteiger partial charge in [-0.15, -0.1) is 0 Å². The molecule has 1 fully saturated rings. The lowest BCUT2D eigenvalue weighted by Gasteiger charge is -2.36. The molecule has 3 rings (SSSR count). The molecule has 0 unspecified atom stereocenters. The number of quaternary nitrogens is 1. The number of carbonyl (C=O) groups is 1. The van der Waals surface area contributed by atoms with Gasteiger partial charge in [0.05, 0.1) is 54.2 Å². The maximum atomic E-state index is 12.7. The number of hydrogen-bond acceptors (Lipinski definition) is 3. The molecular formula is C21H26Cl2N3O2+. The molecular weight excluding hydrogens is 397 g/mol. The Morgan fingerprint density at radius 1 is 1.14 bits per heavy atom. The van der Waals surface area contributed by atoms with Gasteiger partial charge in [0, 0.05) is 0 Å². The first-order valence-corrected chi connectivity index (χ1v) is 10.3. The number of anilines is 2. The van der Waals surface area contributed by atoms with E-state index < -0.39 is 0 Å². The maximum absolute atomic E-state index is 12.7. The van der Waals surface area contributed by atoms with Crippen molar-refractivity contribution in [2.45, 2.75) is 19.9 Å². The normalized spacial score (nSPS) is 15.9. The summed E-state index contributed by atoms with van der Waals surface area (Å²) in [4.78, 5) is 16.3.